The molecule has 2 aromatic rings. The smallest absolute Gasteiger partial charge is 0.0410 e. The number of rotatable bonds is 2. The minimum absolute atomic E-state index is 0.245. The van der Waals surface area contributed by atoms with Gasteiger partial charge in [-0.25, -0.2) is 0 Å². The third-order valence-corrected chi connectivity index (χ3v) is 5.09. The van der Waals surface area contributed by atoms with Crippen molar-refractivity contribution in [2.75, 3.05) is 25.0 Å². The van der Waals surface area contributed by atoms with Gasteiger partial charge in [-0.15, -0.1) is 0 Å². The van der Waals surface area contributed by atoms with Gasteiger partial charge in [-0.3, -0.25) is 4.90 Å². The van der Waals surface area contributed by atoms with Gasteiger partial charge in [0.15, 0.2) is 0 Å². The van der Waals surface area contributed by atoms with Crippen molar-refractivity contribution in [1.82, 2.24) is 4.90 Å². The first-order valence-corrected chi connectivity index (χ1v) is 7.93. The van der Waals surface area contributed by atoms with Gasteiger partial charge >= 0.3 is 0 Å². The number of anilines is 1. The summed E-state index contributed by atoms with van der Waals surface area (Å²) < 4.78 is 0. The normalized spacial score (nSPS) is 24.2. The number of hydrogen-bond acceptors (Lipinski definition) is 2. The van der Waals surface area contributed by atoms with Gasteiger partial charge in [-0.2, -0.15) is 0 Å². The third-order valence-electron chi connectivity index (χ3n) is 4.85. The number of nitrogens with one attached hydrogen (secondary N) is 1. The molecule has 2 heterocycles. The first-order valence-electron chi connectivity index (χ1n) is 7.55. The molecule has 0 saturated carbocycles. The van der Waals surface area contributed by atoms with E-state index in [1.54, 1.807) is 0 Å². The zero-order valence-electron chi connectivity index (χ0n) is 12.0. The molecule has 2 aromatic carbocycles. The maximum atomic E-state index is 6.21. The maximum Gasteiger partial charge on any atom is 0.0410 e. The fourth-order valence-electron chi connectivity index (χ4n) is 3.77. The Balaban J connectivity index is 1.56. The first kappa shape index (κ1) is 13.2. The lowest BCUT2D eigenvalue weighted by Crippen LogP contribution is -2.32. The fraction of sp³-hybridized carbons (Fsp3) is 0.333. The van der Waals surface area contributed by atoms with Crippen LogP contribution in [0, 0.1) is 0 Å². The molecule has 1 unspecified atom stereocenters. The van der Waals surface area contributed by atoms with Crippen molar-refractivity contribution in [1.29, 1.82) is 0 Å². The molecule has 21 heavy (non-hydrogen) atoms. The average molecular weight is 299 g/mol. The first-order chi connectivity index (χ1) is 10.3. The van der Waals surface area contributed by atoms with E-state index in [2.05, 4.69) is 52.7 Å². The van der Waals surface area contributed by atoms with Gasteiger partial charge in [-0.05, 0) is 42.3 Å². The van der Waals surface area contributed by atoms with Crippen LogP contribution in [-0.4, -0.2) is 24.5 Å². The van der Waals surface area contributed by atoms with Gasteiger partial charge in [0.1, 0.15) is 0 Å². The van der Waals surface area contributed by atoms with E-state index >= 15 is 0 Å². The van der Waals surface area contributed by atoms with Gasteiger partial charge in [0.2, 0.25) is 0 Å². The molecule has 1 spiro atoms. The predicted octanol–water partition coefficient (Wildman–Crippen LogP) is 3.91. The van der Waals surface area contributed by atoms with Crippen molar-refractivity contribution in [3.8, 4) is 0 Å². The van der Waals surface area contributed by atoms with E-state index in [-0.39, 0.29) is 5.41 Å². The van der Waals surface area contributed by atoms with Crippen LogP contribution in [-0.2, 0) is 12.0 Å². The molecule has 2 nitrogen and oxygen atoms in total. The van der Waals surface area contributed by atoms with Gasteiger partial charge in [0.25, 0.3) is 0 Å². The van der Waals surface area contributed by atoms with Crippen LogP contribution < -0.4 is 5.32 Å². The Hall–Kier alpha value is -1.51. The summed E-state index contributed by atoms with van der Waals surface area (Å²) >= 11 is 6.21. The lowest BCUT2D eigenvalue weighted by molar-refractivity contribution is 0.309. The van der Waals surface area contributed by atoms with Crippen molar-refractivity contribution >= 4 is 17.3 Å². The molecule has 1 saturated heterocycles. The number of nitrogens with zero attached hydrogens (tertiary/aromatic N) is 1. The van der Waals surface area contributed by atoms with Crippen molar-refractivity contribution < 1.29 is 0 Å². The quantitative estimate of drug-likeness (QED) is 0.904. The van der Waals surface area contributed by atoms with Crippen molar-refractivity contribution in [3.63, 3.8) is 0 Å². The number of halogens is 1. The summed E-state index contributed by atoms with van der Waals surface area (Å²) in [6.07, 6.45) is 1.21. The predicted molar refractivity (Wildman–Crippen MR) is 88.0 cm³/mol. The molecular formula is C18H19ClN2. The molecule has 1 atom stereocenters. The second-order valence-electron chi connectivity index (χ2n) is 6.27. The molecule has 3 heteroatoms. The Morgan fingerprint density at radius 1 is 1.14 bits per heavy atom. The zero-order chi connectivity index (χ0) is 14.3. The summed E-state index contributed by atoms with van der Waals surface area (Å²) in [4.78, 5) is 2.56. The molecule has 1 N–H and O–H groups in total. The average Bonchev–Trinajstić information content (AvgIpc) is 3.06. The highest BCUT2D eigenvalue weighted by Gasteiger charge is 2.44. The molecule has 2 aliphatic rings. The second-order valence-corrected chi connectivity index (χ2v) is 6.71. The van der Waals surface area contributed by atoms with Crippen LogP contribution in [0.1, 0.15) is 17.5 Å². The summed E-state index contributed by atoms with van der Waals surface area (Å²) in [7, 11) is 0. The Kier molecular flexibility index (Phi) is 3.16. The minimum atomic E-state index is 0.245. The Labute approximate surface area is 130 Å². The highest BCUT2D eigenvalue weighted by atomic mass is 35.5. The van der Waals surface area contributed by atoms with E-state index in [0.717, 1.165) is 31.2 Å². The highest BCUT2D eigenvalue weighted by molar-refractivity contribution is 6.30. The molecule has 4 rings (SSSR count). The van der Waals surface area contributed by atoms with Gasteiger partial charge < -0.3 is 5.32 Å². The standard InChI is InChI=1S/C18H19ClN2/c19-15-6-7-17-16(10-15)18(12-20-17)8-9-21(13-18)11-14-4-2-1-3-5-14/h1-7,10,20H,8-9,11-13H2. The van der Waals surface area contributed by atoms with E-state index in [4.69, 9.17) is 11.6 Å². The molecule has 108 valence electrons. The topological polar surface area (TPSA) is 15.3 Å². The number of fused-ring (bicyclic) bond motifs is 2. The Morgan fingerprint density at radius 2 is 2.00 bits per heavy atom. The molecule has 0 aliphatic carbocycles. The maximum absolute atomic E-state index is 6.21. The van der Waals surface area contributed by atoms with Crippen LogP contribution in [0.5, 0.6) is 0 Å². The van der Waals surface area contributed by atoms with E-state index < -0.39 is 0 Å². The van der Waals surface area contributed by atoms with Crippen LogP contribution in [0.15, 0.2) is 48.5 Å². The summed E-state index contributed by atoms with van der Waals surface area (Å²) in [5.74, 6) is 0. The van der Waals surface area contributed by atoms with Crippen molar-refractivity contribution in [3.05, 3.63) is 64.7 Å². The van der Waals surface area contributed by atoms with E-state index in [0.29, 0.717) is 0 Å². The summed E-state index contributed by atoms with van der Waals surface area (Å²) in [6, 6.07) is 17.0. The molecule has 0 amide bonds. The third kappa shape index (κ3) is 2.33. The van der Waals surface area contributed by atoms with Gasteiger partial charge in [0.05, 0.1) is 0 Å². The van der Waals surface area contributed by atoms with Crippen LogP contribution in [0.25, 0.3) is 0 Å². The lowest BCUT2D eigenvalue weighted by Gasteiger charge is -2.24. The fourth-order valence-corrected chi connectivity index (χ4v) is 3.94. The Bertz CT molecular complexity index is 656. The largest absolute Gasteiger partial charge is 0.384 e. The molecular weight excluding hydrogens is 280 g/mol. The number of benzene rings is 2. The molecule has 0 bridgehead atoms. The van der Waals surface area contributed by atoms with E-state index in [1.165, 1.54) is 23.2 Å². The molecule has 1 fully saturated rings. The monoisotopic (exact) mass is 298 g/mol. The number of likely N-dealkylation sites (tertiary alicyclic amines) is 1. The zero-order valence-corrected chi connectivity index (χ0v) is 12.7. The SMILES string of the molecule is Clc1ccc2c(c1)C1(CCN(Cc3ccccc3)C1)CN2. The van der Waals surface area contributed by atoms with Gasteiger partial charge in [-0.1, -0.05) is 41.9 Å². The van der Waals surface area contributed by atoms with Crippen LogP contribution in [0.4, 0.5) is 5.69 Å². The lowest BCUT2D eigenvalue weighted by atomic mass is 9.82. The molecule has 0 aromatic heterocycles. The van der Waals surface area contributed by atoms with Crippen molar-refractivity contribution in [2.24, 2.45) is 0 Å². The van der Waals surface area contributed by atoms with Crippen molar-refractivity contribution in [2.45, 2.75) is 18.4 Å². The highest BCUT2D eigenvalue weighted by Crippen LogP contribution is 2.44. The van der Waals surface area contributed by atoms with E-state index in [9.17, 15) is 0 Å². The second kappa shape index (κ2) is 5.04. The Morgan fingerprint density at radius 3 is 2.86 bits per heavy atom. The minimum Gasteiger partial charge on any atom is -0.384 e. The van der Waals surface area contributed by atoms with Crippen LogP contribution >= 0.6 is 11.6 Å². The van der Waals surface area contributed by atoms with E-state index in [1.807, 2.05) is 6.07 Å². The van der Waals surface area contributed by atoms with Crippen LogP contribution in [0.2, 0.25) is 5.02 Å². The van der Waals surface area contributed by atoms with Gasteiger partial charge in [0, 0.05) is 35.8 Å². The molecule has 2 aliphatic heterocycles. The summed E-state index contributed by atoms with van der Waals surface area (Å²) in [5, 5.41) is 4.40. The summed E-state index contributed by atoms with van der Waals surface area (Å²) in [5.41, 5.74) is 4.31. The molecule has 0 radical (unpaired) electrons. The summed E-state index contributed by atoms with van der Waals surface area (Å²) in [6.45, 7) is 4.34. The number of hydrogen-bond donors (Lipinski definition) is 1. The van der Waals surface area contributed by atoms with Crippen LogP contribution in [0.3, 0.4) is 0 Å².